The Morgan fingerprint density at radius 1 is 1.09 bits per heavy atom. The Bertz CT molecular complexity index is 1170. The van der Waals surface area contributed by atoms with Crippen LogP contribution in [-0.2, 0) is 19.4 Å². The first-order chi connectivity index (χ1) is 15.4. The Morgan fingerprint density at radius 3 is 2.27 bits per heavy atom. The molecule has 178 valence electrons. The van der Waals surface area contributed by atoms with Crippen LogP contribution in [0.4, 0.5) is 5.69 Å². The normalized spacial score (nSPS) is 27.1. The summed E-state index contributed by atoms with van der Waals surface area (Å²) >= 11 is 5.95. The third-order valence-corrected chi connectivity index (χ3v) is 9.41. The van der Waals surface area contributed by atoms with Crippen LogP contribution in [0.15, 0.2) is 47.4 Å². The van der Waals surface area contributed by atoms with E-state index in [1.54, 1.807) is 36.9 Å². The highest BCUT2D eigenvalue weighted by atomic mass is 35.5. The summed E-state index contributed by atoms with van der Waals surface area (Å²) in [5.74, 6) is 0.321. The van der Waals surface area contributed by atoms with Crippen molar-refractivity contribution in [3.05, 3.63) is 53.1 Å². The molecule has 2 aromatic rings. The number of benzene rings is 2. The Hall–Kier alpha value is -2.13. The number of sulfone groups is 1. The number of hydrogen-bond acceptors (Lipinski definition) is 6. The molecule has 9 heteroatoms. The smallest absolute Gasteiger partial charge is 0.236 e. The molecule has 0 bridgehead atoms. The van der Waals surface area contributed by atoms with E-state index < -0.39 is 32.2 Å². The minimum atomic E-state index is -4.04. The van der Waals surface area contributed by atoms with Gasteiger partial charge in [-0.25, -0.2) is 8.42 Å². The summed E-state index contributed by atoms with van der Waals surface area (Å²) in [6.45, 7) is 6.06. The maximum atomic E-state index is 13.9. The Morgan fingerprint density at radius 2 is 1.70 bits per heavy atom. The van der Waals surface area contributed by atoms with Crippen molar-refractivity contribution in [3.63, 3.8) is 0 Å². The van der Waals surface area contributed by atoms with Gasteiger partial charge < -0.3 is 19.8 Å². The van der Waals surface area contributed by atoms with E-state index in [1.807, 2.05) is 6.92 Å². The molecule has 1 amide bonds. The zero-order valence-corrected chi connectivity index (χ0v) is 20.4. The second kappa shape index (κ2) is 8.27. The quantitative estimate of drug-likeness (QED) is 0.677. The van der Waals surface area contributed by atoms with Gasteiger partial charge in [-0.3, -0.25) is 4.79 Å². The maximum absolute atomic E-state index is 13.9. The number of carbonyl (C=O) groups is 1. The van der Waals surface area contributed by atoms with E-state index in [-0.39, 0.29) is 30.3 Å². The van der Waals surface area contributed by atoms with Gasteiger partial charge in [0.1, 0.15) is 17.1 Å². The summed E-state index contributed by atoms with van der Waals surface area (Å²) < 4.78 is 32.2. The SMILES string of the molecule is CCN1C(=O)C(C)(C)COc2cc(C3(S(=O)(=O)c4ccc(Cl)cc4)CC(O)C(O)C3)ccc21. The summed E-state index contributed by atoms with van der Waals surface area (Å²) in [7, 11) is -4.04. The highest BCUT2D eigenvalue weighted by Gasteiger charge is 2.55. The van der Waals surface area contributed by atoms with E-state index in [4.69, 9.17) is 16.3 Å². The fourth-order valence-electron chi connectivity index (χ4n) is 4.73. The van der Waals surface area contributed by atoms with E-state index in [1.165, 1.54) is 24.3 Å². The van der Waals surface area contributed by atoms with Gasteiger partial charge in [-0.1, -0.05) is 17.7 Å². The first kappa shape index (κ1) is 24.0. The summed E-state index contributed by atoms with van der Waals surface area (Å²) in [6.07, 6.45) is -2.72. The second-order valence-electron chi connectivity index (χ2n) is 9.40. The van der Waals surface area contributed by atoms with Gasteiger partial charge in [0.15, 0.2) is 9.84 Å². The van der Waals surface area contributed by atoms with Crippen LogP contribution < -0.4 is 9.64 Å². The Kier molecular flexibility index (Phi) is 6.02. The highest BCUT2D eigenvalue weighted by Crippen LogP contribution is 2.50. The summed E-state index contributed by atoms with van der Waals surface area (Å²) in [5, 5.41) is 21.2. The fraction of sp³-hybridized carbons (Fsp3) is 0.458. The van der Waals surface area contributed by atoms with Crippen molar-refractivity contribution in [2.75, 3.05) is 18.1 Å². The molecular formula is C24H28ClNO6S. The highest BCUT2D eigenvalue weighted by molar-refractivity contribution is 7.92. The topological polar surface area (TPSA) is 104 Å². The van der Waals surface area contributed by atoms with Gasteiger partial charge in [0.2, 0.25) is 5.91 Å². The molecule has 1 aliphatic carbocycles. The minimum absolute atomic E-state index is 0.0514. The lowest BCUT2D eigenvalue weighted by atomic mass is 9.93. The number of hydrogen-bond donors (Lipinski definition) is 2. The molecule has 1 heterocycles. The summed E-state index contributed by atoms with van der Waals surface area (Å²) in [4.78, 5) is 14.7. The van der Waals surface area contributed by atoms with E-state index in [0.29, 0.717) is 28.6 Å². The molecule has 7 nitrogen and oxygen atoms in total. The number of amides is 1. The predicted octanol–water partition coefficient (Wildman–Crippen LogP) is 3.30. The molecule has 4 rings (SSSR count). The second-order valence-corrected chi connectivity index (χ2v) is 12.1. The monoisotopic (exact) mass is 493 g/mol. The van der Waals surface area contributed by atoms with Gasteiger partial charge in [-0.15, -0.1) is 0 Å². The number of aliphatic hydroxyl groups excluding tert-OH is 2. The van der Waals surface area contributed by atoms with Gasteiger partial charge in [0.25, 0.3) is 0 Å². The number of carbonyl (C=O) groups excluding carboxylic acids is 1. The molecule has 0 saturated heterocycles. The average molecular weight is 494 g/mol. The molecule has 0 radical (unpaired) electrons. The van der Waals surface area contributed by atoms with E-state index in [2.05, 4.69) is 0 Å². The number of rotatable bonds is 4. The van der Waals surface area contributed by atoms with Crippen molar-refractivity contribution in [3.8, 4) is 5.75 Å². The molecule has 1 saturated carbocycles. The van der Waals surface area contributed by atoms with Crippen molar-refractivity contribution >= 4 is 33.0 Å². The molecule has 0 aromatic heterocycles. The third-order valence-electron chi connectivity index (χ3n) is 6.67. The van der Waals surface area contributed by atoms with Crippen LogP contribution in [0.3, 0.4) is 0 Å². The molecule has 1 aliphatic heterocycles. The lowest BCUT2D eigenvalue weighted by molar-refractivity contribution is -0.127. The number of halogens is 1. The van der Waals surface area contributed by atoms with Gasteiger partial charge in [-0.05, 0) is 75.6 Å². The van der Waals surface area contributed by atoms with Gasteiger partial charge in [0, 0.05) is 11.6 Å². The van der Waals surface area contributed by atoms with Crippen LogP contribution in [-0.4, -0.2) is 49.9 Å². The standard InChI is InChI=1S/C24H28ClNO6S/c1-4-26-18-10-5-15(11-21(18)32-14-23(2,3)22(26)29)24(12-19(27)20(28)13-24)33(30,31)17-8-6-16(25)7-9-17/h5-11,19-20,27-28H,4,12-14H2,1-3H3. The van der Waals surface area contributed by atoms with Crippen LogP contribution in [0.5, 0.6) is 5.75 Å². The van der Waals surface area contributed by atoms with E-state index in [9.17, 15) is 23.4 Å². The molecule has 2 unspecified atom stereocenters. The molecule has 2 aromatic carbocycles. The molecule has 2 N–H and O–H groups in total. The maximum Gasteiger partial charge on any atom is 0.236 e. The fourth-order valence-corrected chi connectivity index (χ4v) is 7.01. The molecule has 33 heavy (non-hydrogen) atoms. The third kappa shape index (κ3) is 3.83. The van der Waals surface area contributed by atoms with Gasteiger partial charge >= 0.3 is 0 Å². The number of anilines is 1. The summed E-state index contributed by atoms with van der Waals surface area (Å²) in [5.41, 5.74) is 0.215. The predicted molar refractivity (Wildman–Crippen MR) is 125 cm³/mol. The van der Waals surface area contributed by atoms with Crippen molar-refractivity contribution in [1.29, 1.82) is 0 Å². The van der Waals surface area contributed by atoms with Crippen molar-refractivity contribution in [2.45, 2.75) is 55.5 Å². The molecule has 2 atom stereocenters. The lowest BCUT2D eigenvalue weighted by Gasteiger charge is -2.31. The number of aliphatic hydroxyl groups is 2. The van der Waals surface area contributed by atoms with Crippen LogP contribution in [0, 0.1) is 5.41 Å². The molecular weight excluding hydrogens is 466 g/mol. The van der Waals surface area contributed by atoms with Crippen LogP contribution in [0.2, 0.25) is 5.02 Å². The van der Waals surface area contributed by atoms with Crippen molar-refractivity contribution in [1.82, 2.24) is 0 Å². The van der Waals surface area contributed by atoms with Crippen molar-refractivity contribution in [2.24, 2.45) is 5.41 Å². The number of nitrogens with zero attached hydrogens (tertiary/aromatic N) is 1. The average Bonchev–Trinajstić information content (AvgIpc) is 3.04. The molecule has 1 fully saturated rings. The van der Waals surface area contributed by atoms with Crippen LogP contribution in [0.1, 0.15) is 39.2 Å². The van der Waals surface area contributed by atoms with Gasteiger partial charge in [-0.2, -0.15) is 0 Å². The number of ether oxygens (including phenoxy) is 1. The molecule has 2 aliphatic rings. The Balaban J connectivity index is 1.88. The minimum Gasteiger partial charge on any atom is -0.490 e. The van der Waals surface area contributed by atoms with Crippen LogP contribution in [0.25, 0.3) is 0 Å². The first-order valence-corrected chi connectivity index (χ1v) is 12.7. The first-order valence-electron chi connectivity index (χ1n) is 10.9. The van der Waals surface area contributed by atoms with E-state index in [0.717, 1.165) is 0 Å². The zero-order valence-electron chi connectivity index (χ0n) is 18.8. The van der Waals surface area contributed by atoms with Gasteiger partial charge in [0.05, 0.1) is 28.2 Å². The molecule has 0 spiro atoms. The summed E-state index contributed by atoms with van der Waals surface area (Å²) in [6, 6.07) is 10.8. The lowest BCUT2D eigenvalue weighted by Crippen LogP contribution is -2.42. The van der Waals surface area contributed by atoms with Crippen molar-refractivity contribution < 1.29 is 28.2 Å². The van der Waals surface area contributed by atoms with E-state index >= 15 is 0 Å². The largest absolute Gasteiger partial charge is 0.490 e. The zero-order chi connectivity index (χ0) is 24.2. The number of fused-ring (bicyclic) bond motifs is 1. The van der Waals surface area contributed by atoms with Crippen LogP contribution >= 0.6 is 11.6 Å². The Labute approximate surface area is 198 Å².